The van der Waals surface area contributed by atoms with Crippen LogP contribution in [-0.4, -0.2) is 69.0 Å². The Kier molecular flexibility index (Phi) is 7.32. The first-order valence-corrected chi connectivity index (χ1v) is 13.4. The van der Waals surface area contributed by atoms with Gasteiger partial charge < -0.3 is 25.8 Å². The summed E-state index contributed by atoms with van der Waals surface area (Å²) in [6, 6.07) is 2.19. The van der Waals surface area contributed by atoms with Gasteiger partial charge in [0.25, 0.3) is 0 Å². The molecule has 12 heteroatoms. The van der Waals surface area contributed by atoms with Gasteiger partial charge in [0, 0.05) is 37.3 Å². The highest BCUT2D eigenvalue weighted by molar-refractivity contribution is 5.91. The average Bonchev–Trinajstić information content (AvgIpc) is 3.22. The number of hydrogen-bond donors (Lipinski definition) is 3. The summed E-state index contributed by atoms with van der Waals surface area (Å²) in [5.41, 5.74) is 5.92. The Balaban J connectivity index is 1.34. The van der Waals surface area contributed by atoms with E-state index >= 15 is 0 Å². The number of halogens is 3. The average molecular weight is 563 g/mol. The predicted molar refractivity (Wildman–Crippen MR) is 137 cm³/mol. The Labute approximate surface area is 229 Å². The van der Waals surface area contributed by atoms with E-state index in [-0.39, 0.29) is 50.6 Å². The van der Waals surface area contributed by atoms with Gasteiger partial charge in [-0.2, -0.15) is 0 Å². The topological polar surface area (TPSA) is 125 Å². The van der Waals surface area contributed by atoms with Crippen LogP contribution >= 0.6 is 0 Å². The molecular weight excluding hydrogens is 529 g/mol. The molecule has 40 heavy (non-hydrogen) atoms. The molecule has 0 spiro atoms. The standard InChI is InChI=1S/C28H33F3N4O5/c1-16(36)28-12-18(28)6-2-3-9-27(30,31)10-8-22(32)25(38)35-14-19(11-23(35)24(37)33-28)40-26(39)34-13-17-5-4-7-21(29)20(17)15-34/h2,4-7,18-19,22-23,36H,1,3,8-15,32H2,(H,33,37)/b6-2-/t18-,19-,22+,23+,28+/m1/s1. The molecule has 1 saturated heterocycles. The number of alkyl halides is 2. The third-order valence-electron chi connectivity index (χ3n) is 8.36. The van der Waals surface area contributed by atoms with Crippen molar-refractivity contribution in [2.75, 3.05) is 6.54 Å². The summed E-state index contributed by atoms with van der Waals surface area (Å²) >= 11 is 0. The Morgan fingerprint density at radius 3 is 2.73 bits per heavy atom. The molecule has 5 rings (SSSR count). The summed E-state index contributed by atoms with van der Waals surface area (Å²) in [5, 5.41) is 13.1. The van der Waals surface area contributed by atoms with Crippen molar-refractivity contribution in [1.29, 1.82) is 0 Å². The van der Waals surface area contributed by atoms with E-state index in [1.165, 1.54) is 11.0 Å². The maximum absolute atomic E-state index is 14.5. The van der Waals surface area contributed by atoms with Gasteiger partial charge >= 0.3 is 6.09 Å². The number of fused-ring (bicyclic) bond motifs is 3. The molecule has 3 heterocycles. The summed E-state index contributed by atoms with van der Waals surface area (Å²) in [7, 11) is 0. The summed E-state index contributed by atoms with van der Waals surface area (Å²) < 4.78 is 48.7. The van der Waals surface area contributed by atoms with Crippen LogP contribution in [0.2, 0.25) is 0 Å². The van der Waals surface area contributed by atoms with Crippen molar-refractivity contribution >= 4 is 17.9 Å². The van der Waals surface area contributed by atoms with E-state index in [1.807, 2.05) is 0 Å². The molecule has 9 nitrogen and oxygen atoms in total. The van der Waals surface area contributed by atoms with Crippen molar-refractivity contribution in [3.05, 3.63) is 59.6 Å². The number of allylic oxidation sites excluding steroid dienone is 1. The Morgan fingerprint density at radius 2 is 2.00 bits per heavy atom. The number of nitrogens with two attached hydrogens (primary N) is 1. The molecule has 4 aliphatic rings. The summed E-state index contributed by atoms with van der Waals surface area (Å²) in [6.07, 6.45) is 0.705. The number of benzene rings is 1. The molecule has 4 N–H and O–H groups in total. The second kappa shape index (κ2) is 10.5. The number of hydrogen-bond acceptors (Lipinski definition) is 6. The van der Waals surface area contributed by atoms with E-state index in [1.54, 1.807) is 24.3 Å². The van der Waals surface area contributed by atoms with E-state index in [4.69, 9.17) is 10.5 Å². The zero-order chi connectivity index (χ0) is 28.8. The highest BCUT2D eigenvalue weighted by atomic mass is 19.3. The second-order valence-electron chi connectivity index (χ2n) is 11.2. The molecular formula is C28H33F3N4O5. The van der Waals surface area contributed by atoms with Crippen LogP contribution in [0.15, 0.2) is 42.7 Å². The van der Waals surface area contributed by atoms with Gasteiger partial charge in [-0.25, -0.2) is 18.0 Å². The molecule has 3 amide bonds. The number of nitrogens with one attached hydrogen (secondary N) is 1. The Hall–Kier alpha value is -3.54. The van der Waals surface area contributed by atoms with E-state index < -0.39 is 66.2 Å². The lowest BCUT2D eigenvalue weighted by atomic mass is 10.0. The lowest BCUT2D eigenvalue weighted by Gasteiger charge is -2.28. The number of nitrogens with zero attached hydrogens (tertiary/aromatic N) is 2. The molecule has 3 aliphatic heterocycles. The Bertz CT molecular complexity index is 1260. The lowest BCUT2D eigenvalue weighted by Crippen LogP contribution is -2.54. The molecule has 1 aliphatic carbocycles. The van der Waals surface area contributed by atoms with E-state index in [0.29, 0.717) is 17.5 Å². The van der Waals surface area contributed by atoms with Crippen molar-refractivity contribution < 1.29 is 37.4 Å². The quantitative estimate of drug-likeness (QED) is 0.375. The van der Waals surface area contributed by atoms with Crippen molar-refractivity contribution in [2.24, 2.45) is 11.7 Å². The van der Waals surface area contributed by atoms with Crippen LogP contribution in [-0.2, 0) is 27.4 Å². The zero-order valence-corrected chi connectivity index (χ0v) is 22.0. The molecule has 0 radical (unpaired) electrons. The van der Waals surface area contributed by atoms with E-state index in [2.05, 4.69) is 11.9 Å². The first kappa shape index (κ1) is 28.0. The number of carbonyl (C=O) groups excluding carboxylic acids is 3. The summed E-state index contributed by atoms with van der Waals surface area (Å²) in [6.45, 7) is 3.59. The van der Waals surface area contributed by atoms with Crippen molar-refractivity contribution in [3.63, 3.8) is 0 Å². The normalized spacial score (nSPS) is 32.6. The van der Waals surface area contributed by atoms with Crippen LogP contribution in [0.25, 0.3) is 0 Å². The number of amides is 3. The molecule has 1 aromatic carbocycles. The molecule has 1 aromatic rings. The third kappa shape index (κ3) is 5.41. The minimum absolute atomic E-state index is 0.0231. The van der Waals surface area contributed by atoms with Gasteiger partial charge in [-0.1, -0.05) is 30.9 Å². The second-order valence-corrected chi connectivity index (χ2v) is 11.2. The maximum atomic E-state index is 14.5. The monoisotopic (exact) mass is 562 g/mol. The zero-order valence-electron chi connectivity index (χ0n) is 22.0. The fraction of sp³-hybridized carbons (Fsp3) is 0.536. The van der Waals surface area contributed by atoms with Gasteiger partial charge in [-0.05, 0) is 30.9 Å². The van der Waals surface area contributed by atoms with Crippen LogP contribution in [0.1, 0.15) is 49.7 Å². The first-order chi connectivity index (χ1) is 18.9. The maximum Gasteiger partial charge on any atom is 0.410 e. The first-order valence-electron chi connectivity index (χ1n) is 13.4. The third-order valence-corrected chi connectivity index (χ3v) is 8.36. The van der Waals surface area contributed by atoms with Crippen LogP contribution in [0.4, 0.5) is 18.0 Å². The Morgan fingerprint density at radius 1 is 1.23 bits per heavy atom. The largest absolute Gasteiger partial charge is 0.510 e. The molecule has 0 unspecified atom stereocenters. The molecule has 5 atom stereocenters. The highest BCUT2D eigenvalue weighted by Gasteiger charge is 2.58. The number of aliphatic hydroxyl groups excluding tert-OH is 1. The van der Waals surface area contributed by atoms with Crippen LogP contribution < -0.4 is 11.1 Å². The van der Waals surface area contributed by atoms with Gasteiger partial charge in [0.05, 0.1) is 19.1 Å². The minimum Gasteiger partial charge on any atom is -0.510 e. The van der Waals surface area contributed by atoms with Gasteiger partial charge in [0.15, 0.2) is 0 Å². The smallest absolute Gasteiger partial charge is 0.410 e. The summed E-state index contributed by atoms with van der Waals surface area (Å²) in [4.78, 5) is 42.2. The minimum atomic E-state index is -3.03. The van der Waals surface area contributed by atoms with Crippen molar-refractivity contribution in [1.82, 2.24) is 15.1 Å². The molecule has 0 bridgehead atoms. The number of carbonyl (C=O) groups is 3. The lowest BCUT2D eigenvalue weighted by molar-refractivity contribution is -0.140. The van der Waals surface area contributed by atoms with Crippen molar-refractivity contribution in [2.45, 2.75) is 81.3 Å². The van der Waals surface area contributed by atoms with Crippen LogP contribution in [0.5, 0.6) is 0 Å². The van der Waals surface area contributed by atoms with Gasteiger partial charge in [0.2, 0.25) is 17.7 Å². The molecule has 216 valence electrons. The van der Waals surface area contributed by atoms with Crippen LogP contribution in [0.3, 0.4) is 0 Å². The fourth-order valence-corrected chi connectivity index (χ4v) is 5.86. The van der Waals surface area contributed by atoms with Crippen LogP contribution in [0, 0.1) is 11.7 Å². The van der Waals surface area contributed by atoms with E-state index in [9.17, 15) is 32.7 Å². The predicted octanol–water partition coefficient (Wildman–Crippen LogP) is 3.29. The SMILES string of the molecule is C=C(O)[C@@]12C[C@H]1/C=C\CCC(F)(F)CC[C@H](N)C(=O)N1C[C@H](OC(=O)N3Cc4cccc(F)c4C3)C[C@H]1C(=O)N2. The molecule has 0 aromatic heterocycles. The molecule has 2 fully saturated rings. The number of ether oxygens (including phenoxy) is 1. The van der Waals surface area contributed by atoms with Gasteiger partial charge in [-0.15, -0.1) is 0 Å². The number of rotatable bonds is 2. The summed E-state index contributed by atoms with van der Waals surface area (Å²) in [5.74, 6) is -5.38. The van der Waals surface area contributed by atoms with Gasteiger partial charge in [0.1, 0.15) is 29.3 Å². The molecule has 1 saturated carbocycles. The van der Waals surface area contributed by atoms with Crippen molar-refractivity contribution in [3.8, 4) is 0 Å². The number of aliphatic hydroxyl groups is 1. The highest BCUT2D eigenvalue weighted by Crippen LogP contribution is 2.49. The fourth-order valence-electron chi connectivity index (χ4n) is 5.86. The van der Waals surface area contributed by atoms with E-state index in [0.717, 1.165) is 4.90 Å². The van der Waals surface area contributed by atoms with Gasteiger partial charge in [-0.3, -0.25) is 14.5 Å².